The van der Waals surface area contributed by atoms with Gasteiger partial charge in [0.2, 0.25) is 8.32 Å². The van der Waals surface area contributed by atoms with Gasteiger partial charge in [-0.05, 0) is 44.8 Å². The summed E-state index contributed by atoms with van der Waals surface area (Å²) < 4.78 is 11.6. The summed E-state index contributed by atoms with van der Waals surface area (Å²) in [4.78, 5) is 12.3. The molecule has 0 fully saturated rings. The summed E-state index contributed by atoms with van der Waals surface area (Å²) >= 11 is 0. The monoisotopic (exact) mass is 296 g/mol. The zero-order valence-electron chi connectivity index (χ0n) is 12.7. The molecule has 0 saturated heterocycles. The predicted molar refractivity (Wildman–Crippen MR) is 83.1 cm³/mol. The summed E-state index contributed by atoms with van der Waals surface area (Å²) in [7, 11) is -3.73. The van der Waals surface area contributed by atoms with Crippen molar-refractivity contribution in [3.05, 3.63) is 35.9 Å². The lowest BCUT2D eigenvalue weighted by atomic mass is 10.1. The molecule has 106 valence electrons. The van der Waals surface area contributed by atoms with Gasteiger partial charge in [-0.15, -0.1) is 0 Å². The first-order valence-electron chi connectivity index (χ1n) is 6.54. The minimum absolute atomic E-state index is 0.257. The molecule has 1 aromatic rings. The van der Waals surface area contributed by atoms with Gasteiger partial charge in [-0.25, -0.2) is 0 Å². The minimum atomic E-state index is -1.91. The van der Waals surface area contributed by atoms with Crippen LogP contribution in [0.2, 0.25) is 39.3 Å². The second-order valence-electron chi connectivity index (χ2n) is 6.55. The van der Waals surface area contributed by atoms with Gasteiger partial charge in [0.1, 0.15) is 0 Å². The fourth-order valence-electron chi connectivity index (χ4n) is 1.59. The van der Waals surface area contributed by atoms with Crippen LogP contribution < -0.4 is 0 Å². The largest absolute Gasteiger partial charge is 0.518 e. The first-order chi connectivity index (χ1) is 8.58. The van der Waals surface area contributed by atoms with Crippen LogP contribution in [0, 0.1) is 0 Å². The van der Waals surface area contributed by atoms with Gasteiger partial charge >= 0.3 is 5.97 Å². The van der Waals surface area contributed by atoms with Crippen LogP contribution in [0.15, 0.2) is 30.3 Å². The summed E-state index contributed by atoms with van der Waals surface area (Å²) in [6.45, 7) is 12.2. The second-order valence-corrected chi connectivity index (χ2v) is 15.4. The van der Waals surface area contributed by atoms with E-state index in [0.29, 0.717) is 0 Å². The number of benzene rings is 1. The molecular weight excluding hydrogens is 272 g/mol. The van der Waals surface area contributed by atoms with Crippen molar-refractivity contribution in [2.75, 3.05) is 0 Å². The molecule has 0 spiro atoms. The molecule has 1 aromatic carbocycles. The highest BCUT2D eigenvalue weighted by Crippen LogP contribution is 2.25. The van der Waals surface area contributed by atoms with Crippen LogP contribution in [-0.4, -0.2) is 22.6 Å². The fourth-order valence-corrected chi connectivity index (χ4v) is 3.24. The molecule has 0 aromatic heterocycles. The normalized spacial score (nSPS) is 14.0. The third-order valence-electron chi connectivity index (χ3n) is 2.19. The van der Waals surface area contributed by atoms with E-state index in [4.69, 9.17) is 8.85 Å². The summed E-state index contributed by atoms with van der Waals surface area (Å²) in [6.07, 6.45) is -0.598. The van der Waals surface area contributed by atoms with Gasteiger partial charge < -0.3 is 8.85 Å². The van der Waals surface area contributed by atoms with Crippen molar-refractivity contribution in [3.63, 3.8) is 0 Å². The van der Waals surface area contributed by atoms with E-state index in [1.54, 1.807) is 0 Å². The second kappa shape index (κ2) is 6.02. The van der Waals surface area contributed by atoms with Crippen LogP contribution in [0.1, 0.15) is 11.7 Å². The fraction of sp³-hybridized carbons (Fsp3) is 0.500. The molecule has 0 N–H and O–H groups in total. The van der Waals surface area contributed by atoms with E-state index in [1.807, 2.05) is 50.0 Å². The average Bonchev–Trinajstić information content (AvgIpc) is 2.23. The molecule has 5 heteroatoms. The summed E-state index contributed by atoms with van der Waals surface area (Å²) in [5, 5.41) is 0. The topological polar surface area (TPSA) is 35.5 Å². The van der Waals surface area contributed by atoms with E-state index in [0.717, 1.165) is 5.56 Å². The minimum Gasteiger partial charge on any atom is -0.518 e. The highest BCUT2D eigenvalue weighted by molar-refractivity contribution is 6.71. The Morgan fingerprint density at radius 2 is 1.47 bits per heavy atom. The molecule has 0 amide bonds. The molecule has 0 bridgehead atoms. The number of hydrogen-bond acceptors (Lipinski definition) is 3. The molecule has 0 aliphatic carbocycles. The molecule has 19 heavy (non-hydrogen) atoms. The standard InChI is InChI=1S/C14H24O3Si2/c1-18(2,3)16-13(12-10-8-7-9-11-12)14(15)17-19(4,5)6/h7-11,13H,1-6H3/t13-/m0/s1. The number of carbonyl (C=O) groups excluding carboxylic acids is 1. The number of hydrogen-bond donors (Lipinski definition) is 0. The van der Waals surface area contributed by atoms with E-state index < -0.39 is 22.7 Å². The lowest BCUT2D eigenvalue weighted by Gasteiger charge is -2.28. The maximum atomic E-state index is 12.3. The summed E-state index contributed by atoms with van der Waals surface area (Å²) in [6, 6.07) is 9.58. The van der Waals surface area contributed by atoms with Crippen LogP contribution in [0.3, 0.4) is 0 Å². The highest BCUT2D eigenvalue weighted by atomic mass is 28.4. The van der Waals surface area contributed by atoms with Crippen molar-refractivity contribution in [1.82, 2.24) is 0 Å². The van der Waals surface area contributed by atoms with Crippen molar-refractivity contribution < 1.29 is 13.6 Å². The van der Waals surface area contributed by atoms with Gasteiger partial charge in [-0.3, -0.25) is 4.79 Å². The first-order valence-corrected chi connectivity index (χ1v) is 13.4. The molecular formula is C14H24O3Si2. The maximum absolute atomic E-state index is 12.3. The van der Waals surface area contributed by atoms with Gasteiger partial charge in [0.05, 0.1) is 0 Å². The Bertz CT molecular complexity index is 419. The van der Waals surface area contributed by atoms with Crippen LogP contribution in [0.4, 0.5) is 0 Å². The summed E-state index contributed by atoms with van der Waals surface area (Å²) in [5.41, 5.74) is 0.869. The van der Waals surface area contributed by atoms with Gasteiger partial charge in [-0.1, -0.05) is 30.3 Å². The van der Waals surface area contributed by atoms with Gasteiger partial charge in [0, 0.05) is 0 Å². The van der Waals surface area contributed by atoms with Crippen molar-refractivity contribution in [2.45, 2.75) is 45.4 Å². The Kier molecular flexibility index (Phi) is 5.12. The molecule has 0 radical (unpaired) electrons. The third-order valence-corrected chi connectivity index (χ3v) is 3.95. The molecule has 3 nitrogen and oxygen atoms in total. The maximum Gasteiger partial charge on any atom is 0.325 e. The molecule has 0 heterocycles. The van der Waals surface area contributed by atoms with Gasteiger partial charge in [0.15, 0.2) is 14.4 Å². The van der Waals surface area contributed by atoms with Crippen LogP contribution in [0.25, 0.3) is 0 Å². The molecule has 0 aliphatic rings. The van der Waals surface area contributed by atoms with Crippen molar-refractivity contribution in [1.29, 1.82) is 0 Å². The van der Waals surface area contributed by atoms with Crippen LogP contribution in [-0.2, 0) is 13.6 Å². The van der Waals surface area contributed by atoms with Crippen LogP contribution in [0.5, 0.6) is 0 Å². The van der Waals surface area contributed by atoms with E-state index in [9.17, 15) is 4.79 Å². The van der Waals surface area contributed by atoms with E-state index in [-0.39, 0.29) is 5.97 Å². The highest BCUT2D eigenvalue weighted by Gasteiger charge is 2.32. The SMILES string of the molecule is C[Si](C)(C)OC(=O)[C@@H](O[Si](C)(C)C)c1ccccc1. The van der Waals surface area contributed by atoms with Gasteiger partial charge in [0.25, 0.3) is 0 Å². The molecule has 1 atom stereocenters. The molecule has 0 aliphatic heterocycles. The molecule has 1 rings (SSSR count). The van der Waals surface area contributed by atoms with Crippen molar-refractivity contribution >= 4 is 22.6 Å². The Labute approximate surface area is 118 Å². The Morgan fingerprint density at radius 3 is 1.89 bits per heavy atom. The zero-order chi connectivity index (χ0) is 14.7. The summed E-state index contributed by atoms with van der Waals surface area (Å²) in [5.74, 6) is -0.257. The van der Waals surface area contributed by atoms with Crippen molar-refractivity contribution in [2.24, 2.45) is 0 Å². The Morgan fingerprint density at radius 1 is 0.947 bits per heavy atom. The molecule has 0 unspecified atom stereocenters. The van der Waals surface area contributed by atoms with E-state index in [1.165, 1.54) is 0 Å². The number of carbonyl (C=O) groups is 1. The lowest BCUT2D eigenvalue weighted by molar-refractivity contribution is -0.143. The quantitative estimate of drug-likeness (QED) is 0.772. The zero-order valence-corrected chi connectivity index (χ0v) is 14.7. The third kappa shape index (κ3) is 6.18. The average molecular weight is 297 g/mol. The van der Waals surface area contributed by atoms with Crippen LogP contribution >= 0.6 is 0 Å². The van der Waals surface area contributed by atoms with Gasteiger partial charge in [-0.2, -0.15) is 0 Å². The molecule has 0 saturated carbocycles. The van der Waals surface area contributed by atoms with Crippen molar-refractivity contribution in [3.8, 4) is 0 Å². The van der Waals surface area contributed by atoms with E-state index >= 15 is 0 Å². The Hall–Kier alpha value is -0.916. The first kappa shape index (κ1) is 16.1. The number of rotatable bonds is 5. The smallest absolute Gasteiger partial charge is 0.325 e. The predicted octanol–water partition coefficient (Wildman–Crippen LogP) is 3.96. The Balaban J connectivity index is 2.97. The van der Waals surface area contributed by atoms with E-state index in [2.05, 4.69) is 19.6 Å². The lowest BCUT2D eigenvalue weighted by Crippen LogP contribution is -2.37.